The third kappa shape index (κ3) is 3.94. The van der Waals surface area contributed by atoms with Crippen molar-refractivity contribution >= 4 is 5.91 Å². The highest BCUT2D eigenvalue weighted by atomic mass is 19.1. The minimum Gasteiger partial charge on any atom is -0.353 e. The van der Waals surface area contributed by atoms with Crippen LogP contribution in [-0.2, 0) is 13.6 Å². The monoisotopic (exact) mass is 288 g/mol. The van der Waals surface area contributed by atoms with E-state index in [1.807, 2.05) is 34.8 Å². The summed E-state index contributed by atoms with van der Waals surface area (Å²) in [6.07, 6.45) is 3.95. The van der Waals surface area contributed by atoms with Crippen LogP contribution in [0.2, 0.25) is 0 Å². The Morgan fingerprint density at radius 1 is 1.24 bits per heavy atom. The SMILES string of the molecule is CCCCN(Cc1cccn1C)C(=O)c1ccc(F)cc1. The summed E-state index contributed by atoms with van der Waals surface area (Å²) in [6.45, 7) is 3.38. The van der Waals surface area contributed by atoms with Crippen molar-refractivity contribution in [1.82, 2.24) is 9.47 Å². The van der Waals surface area contributed by atoms with Gasteiger partial charge in [-0.1, -0.05) is 13.3 Å². The van der Waals surface area contributed by atoms with Crippen molar-refractivity contribution in [2.45, 2.75) is 26.3 Å². The van der Waals surface area contributed by atoms with Gasteiger partial charge in [-0.15, -0.1) is 0 Å². The smallest absolute Gasteiger partial charge is 0.254 e. The van der Waals surface area contributed by atoms with Gasteiger partial charge >= 0.3 is 0 Å². The molecule has 0 N–H and O–H groups in total. The quantitative estimate of drug-likeness (QED) is 0.797. The largest absolute Gasteiger partial charge is 0.353 e. The van der Waals surface area contributed by atoms with Crippen molar-refractivity contribution in [3.05, 3.63) is 59.7 Å². The lowest BCUT2D eigenvalue weighted by Gasteiger charge is -2.23. The van der Waals surface area contributed by atoms with E-state index in [1.165, 1.54) is 12.1 Å². The lowest BCUT2D eigenvalue weighted by Crippen LogP contribution is -2.32. The fourth-order valence-electron chi connectivity index (χ4n) is 2.23. The Hall–Kier alpha value is -2.10. The molecule has 2 aromatic rings. The van der Waals surface area contributed by atoms with Gasteiger partial charge in [0.25, 0.3) is 5.91 Å². The van der Waals surface area contributed by atoms with Crippen LogP contribution in [0.1, 0.15) is 35.8 Å². The van der Waals surface area contributed by atoms with E-state index in [0.717, 1.165) is 18.5 Å². The van der Waals surface area contributed by atoms with Gasteiger partial charge in [-0.3, -0.25) is 4.79 Å². The van der Waals surface area contributed by atoms with E-state index in [1.54, 1.807) is 12.1 Å². The number of amides is 1. The van der Waals surface area contributed by atoms with Crippen molar-refractivity contribution in [3.8, 4) is 0 Å². The number of unbranched alkanes of at least 4 members (excludes halogenated alkanes) is 1. The van der Waals surface area contributed by atoms with E-state index >= 15 is 0 Å². The van der Waals surface area contributed by atoms with Crippen LogP contribution < -0.4 is 0 Å². The average molecular weight is 288 g/mol. The molecule has 112 valence electrons. The molecule has 0 fully saturated rings. The highest BCUT2D eigenvalue weighted by Gasteiger charge is 2.16. The van der Waals surface area contributed by atoms with Crippen molar-refractivity contribution in [2.24, 2.45) is 7.05 Å². The van der Waals surface area contributed by atoms with Crippen LogP contribution in [0.25, 0.3) is 0 Å². The van der Waals surface area contributed by atoms with Gasteiger partial charge in [0.05, 0.1) is 6.54 Å². The maximum Gasteiger partial charge on any atom is 0.254 e. The van der Waals surface area contributed by atoms with Gasteiger partial charge in [-0.05, 0) is 42.8 Å². The topological polar surface area (TPSA) is 25.2 Å². The first-order valence-electron chi connectivity index (χ1n) is 7.27. The van der Waals surface area contributed by atoms with Crippen LogP contribution in [0.5, 0.6) is 0 Å². The maximum atomic E-state index is 13.0. The van der Waals surface area contributed by atoms with E-state index in [9.17, 15) is 9.18 Å². The van der Waals surface area contributed by atoms with Gasteiger partial charge in [0.1, 0.15) is 5.82 Å². The second kappa shape index (κ2) is 7.07. The van der Waals surface area contributed by atoms with Gasteiger partial charge < -0.3 is 9.47 Å². The number of nitrogens with zero attached hydrogens (tertiary/aromatic N) is 2. The summed E-state index contributed by atoms with van der Waals surface area (Å²) >= 11 is 0. The lowest BCUT2D eigenvalue weighted by molar-refractivity contribution is 0.0737. The summed E-state index contributed by atoms with van der Waals surface area (Å²) in [4.78, 5) is 14.4. The van der Waals surface area contributed by atoms with Gasteiger partial charge in [0, 0.05) is 31.0 Å². The summed E-state index contributed by atoms with van der Waals surface area (Å²) in [5, 5.41) is 0. The normalized spacial score (nSPS) is 10.6. The van der Waals surface area contributed by atoms with Gasteiger partial charge in [0.2, 0.25) is 0 Å². The number of hydrogen-bond donors (Lipinski definition) is 0. The Morgan fingerprint density at radius 2 is 1.95 bits per heavy atom. The summed E-state index contributed by atoms with van der Waals surface area (Å²) in [6, 6.07) is 9.72. The molecule has 0 radical (unpaired) electrons. The molecule has 0 saturated carbocycles. The molecule has 21 heavy (non-hydrogen) atoms. The van der Waals surface area contributed by atoms with Crippen LogP contribution in [0.4, 0.5) is 4.39 Å². The van der Waals surface area contributed by atoms with E-state index in [4.69, 9.17) is 0 Å². The number of halogens is 1. The van der Waals surface area contributed by atoms with Crippen molar-refractivity contribution in [3.63, 3.8) is 0 Å². The Kier molecular flexibility index (Phi) is 5.14. The van der Waals surface area contributed by atoms with Gasteiger partial charge in [-0.25, -0.2) is 4.39 Å². The summed E-state index contributed by atoms with van der Waals surface area (Å²) in [5.74, 6) is -0.376. The fourth-order valence-corrected chi connectivity index (χ4v) is 2.23. The molecule has 4 heteroatoms. The molecule has 0 atom stereocenters. The zero-order valence-electron chi connectivity index (χ0n) is 12.6. The van der Waals surface area contributed by atoms with Crippen molar-refractivity contribution in [2.75, 3.05) is 6.54 Å². The number of hydrogen-bond acceptors (Lipinski definition) is 1. The standard InChI is InChI=1S/C17H21FN2O/c1-3-4-12-20(13-16-6-5-11-19(16)2)17(21)14-7-9-15(18)10-8-14/h5-11H,3-4,12-13H2,1-2H3. The van der Waals surface area contributed by atoms with Gasteiger partial charge in [-0.2, -0.15) is 0 Å². The van der Waals surface area contributed by atoms with Gasteiger partial charge in [0.15, 0.2) is 0 Å². The molecule has 0 saturated heterocycles. The molecule has 1 aromatic carbocycles. The van der Waals surface area contributed by atoms with E-state index in [-0.39, 0.29) is 11.7 Å². The molecule has 1 heterocycles. The Labute approximate surface area is 125 Å². The third-order valence-corrected chi connectivity index (χ3v) is 3.56. The molecule has 2 rings (SSSR count). The molecule has 0 aliphatic carbocycles. The zero-order valence-corrected chi connectivity index (χ0v) is 12.6. The van der Waals surface area contributed by atoms with E-state index in [0.29, 0.717) is 18.7 Å². The number of benzene rings is 1. The van der Waals surface area contributed by atoms with Crippen LogP contribution >= 0.6 is 0 Å². The molecule has 0 unspecified atom stereocenters. The number of carbonyl (C=O) groups is 1. The van der Waals surface area contributed by atoms with Crippen LogP contribution in [-0.4, -0.2) is 21.9 Å². The summed E-state index contributed by atoms with van der Waals surface area (Å²) in [5.41, 5.74) is 1.61. The average Bonchev–Trinajstić information content (AvgIpc) is 2.88. The lowest BCUT2D eigenvalue weighted by atomic mass is 10.1. The molecular weight excluding hydrogens is 267 g/mol. The first-order chi connectivity index (χ1) is 10.1. The van der Waals surface area contributed by atoms with Crippen LogP contribution in [0.3, 0.4) is 0 Å². The first kappa shape index (κ1) is 15.3. The Morgan fingerprint density at radius 3 is 2.52 bits per heavy atom. The molecule has 1 aromatic heterocycles. The second-order valence-electron chi connectivity index (χ2n) is 5.20. The Balaban J connectivity index is 2.16. The molecule has 1 amide bonds. The molecule has 0 spiro atoms. The van der Waals surface area contributed by atoms with Crippen molar-refractivity contribution < 1.29 is 9.18 Å². The van der Waals surface area contributed by atoms with E-state index < -0.39 is 0 Å². The molecule has 0 aliphatic heterocycles. The first-order valence-corrected chi connectivity index (χ1v) is 7.27. The highest BCUT2D eigenvalue weighted by Crippen LogP contribution is 2.12. The predicted molar refractivity (Wildman–Crippen MR) is 81.5 cm³/mol. The predicted octanol–water partition coefficient (Wildman–Crippen LogP) is 3.61. The fraction of sp³-hybridized carbons (Fsp3) is 0.353. The minimum atomic E-state index is -0.325. The number of carbonyl (C=O) groups excluding carboxylic acids is 1. The Bertz CT molecular complexity index is 589. The molecule has 0 aliphatic rings. The van der Waals surface area contributed by atoms with Crippen molar-refractivity contribution in [1.29, 1.82) is 0 Å². The zero-order chi connectivity index (χ0) is 15.2. The minimum absolute atomic E-state index is 0.0512. The summed E-state index contributed by atoms with van der Waals surface area (Å²) in [7, 11) is 1.97. The molecular formula is C17H21FN2O. The number of aryl methyl sites for hydroxylation is 1. The third-order valence-electron chi connectivity index (χ3n) is 3.56. The number of rotatable bonds is 6. The molecule has 0 bridgehead atoms. The van der Waals surface area contributed by atoms with Crippen LogP contribution in [0.15, 0.2) is 42.6 Å². The highest BCUT2D eigenvalue weighted by molar-refractivity contribution is 5.94. The molecule has 3 nitrogen and oxygen atoms in total. The van der Waals surface area contributed by atoms with Crippen LogP contribution in [0, 0.1) is 5.82 Å². The number of aromatic nitrogens is 1. The summed E-state index contributed by atoms with van der Waals surface area (Å²) < 4.78 is 15.0. The maximum absolute atomic E-state index is 13.0. The van der Waals surface area contributed by atoms with E-state index in [2.05, 4.69) is 6.92 Å². The second-order valence-corrected chi connectivity index (χ2v) is 5.20.